The lowest BCUT2D eigenvalue weighted by Gasteiger charge is -2.43. The normalized spacial score (nSPS) is 28.4. The summed E-state index contributed by atoms with van der Waals surface area (Å²) in [5.74, 6) is -6.95. The molecular weight excluding hydrogens is 1540 g/mol. The van der Waals surface area contributed by atoms with Gasteiger partial charge in [0.25, 0.3) is 17.7 Å². The fraction of sp³-hybridized carbons (Fsp3) is 0.682. The van der Waals surface area contributed by atoms with Gasteiger partial charge in [0.1, 0.15) is 53.4 Å². The molecule has 119 heavy (non-hydrogen) atoms. The third-order valence-corrected chi connectivity index (χ3v) is 22.8. The van der Waals surface area contributed by atoms with Gasteiger partial charge in [-0.05, 0) is 138 Å². The Morgan fingerprint density at radius 3 is 2.19 bits per heavy atom. The molecule has 3 fully saturated rings. The number of methoxy groups -OCH3 is 3. The number of nitrogens with two attached hydrogens (primary N) is 2. The van der Waals surface area contributed by atoms with Crippen LogP contribution in [0.15, 0.2) is 87.9 Å². The number of amides is 2. The second kappa shape index (κ2) is 48.5. The van der Waals surface area contributed by atoms with E-state index < -0.39 is 84.1 Å². The molecule has 2 amide bonds. The molecule has 660 valence electrons. The Morgan fingerprint density at radius 2 is 1.49 bits per heavy atom. The summed E-state index contributed by atoms with van der Waals surface area (Å²) in [6.45, 7) is 19.1. The number of rotatable bonds is 36. The van der Waals surface area contributed by atoms with E-state index in [0.29, 0.717) is 201 Å². The zero-order chi connectivity index (χ0) is 85.4. The number of aliphatic hydroxyl groups is 4. The van der Waals surface area contributed by atoms with Crippen LogP contribution in [-0.4, -0.2) is 269 Å². The van der Waals surface area contributed by atoms with E-state index in [1.165, 1.54) is 18.3 Å². The number of hydrogen-bond acceptors (Lipinski definition) is 30. The van der Waals surface area contributed by atoms with E-state index in [1.54, 1.807) is 55.8 Å². The smallest absolute Gasteiger partial charge is 0.329 e. The fourth-order valence-corrected chi connectivity index (χ4v) is 15.8. The second-order valence-electron chi connectivity index (χ2n) is 31.9. The Labute approximate surface area is 697 Å². The van der Waals surface area contributed by atoms with E-state index >= 15 is 0 Å². The van der Waals surface area contributed by atoms with Gasteiger partial charge in [0.05, 0.1) is 134 Å². The average molecular weight is 1670 g/mol. The zero-order valence-corrected chi connectivity index (χ0v) is 71.0. The summed E-state index contributed by atoms with van der Waals surface area (Å²) in [5.41, 5.74) is 17.5. The number of ether oxygens (including phenoxy) is 11. The molecule has 5 aromatic rings. The lowest BCUT2D eigenvalue weighted by atomic mass is 9.78. The standard InChI is InChI=1S/C85H129N13O21/c1-54-18-12-11-13-19-55(2)70(107-8)49-64-24-21-60(7)85(106,119-64)79(103)82(104)97-29-16-14-20-66(97)83(105)117-71(57(4)46-61-22-25-67(99)72(47-61)108-9)50-68(100)56(3)45-59(6)77(102)78(109-10)75(58(5)44-54)94-116-52-63-51-96(95-92-63)31-33-111-35-37-113-39-41-115-43-42-114-40-38-112-36-34-110-32-27-73(101)88-28-15-17-30-98-81-74(80(86)89-53-90-81)76(93-98)62-23-26-69-65(48-62)91-84(87)118-69/h11-13,18-19,23,26,45,48,51,53-54,56-58,60-61,64,66-68,70-72,77-78,99-100,102,106H,14-17,20-22,24-25,27-44,46-47,49-50,52H2,1-10H3,(H2,87,91)(H,88,101)(H2,86,89,90)/b13-11+,18-12+,55-19+,59-45+,94-75+/t54-,56-,57-,58-,60-,61+,64+,66+,67-,68-,70+,71+,72-,77-,78+,85-/m1/s1. The first-order valence-corrected chi connectivity index (χ1v) is 42.1. The minimum atomic E-state index is -2.45. The molecule has 34 nitrogen and oxygen atoms in total. The number of allylic oxidation sites excluding steroid dienone is 5. The molecule has 2 saturated heterocycles. The fourth-order valence-electron chi connectivity index (χ4n) is 15.8. The third-order valence-electron chi connectivity index (χ3n) is 22.8. The molecule has 0 spiro atoms. The van der Waals surface area contributed by atoms with Gasteiger partial charge in [-0.15, -0.1) is 5.10 Å². The number of aromatic nitrogens is 8. The lowest BCUT2D eigenvalue weighted by Crippen LogP contribution is -2.61. The van der Waals surface area contributed by atoms with Crippen LogP contribution in [0.1, 0.15) is 150 Å². The minimum Gasteiger partial charge on any atom is -0.460 e. The van der Waals surface area contributed by atoms with Crippen LogP contribution in [0.3, 0.4) is 0 Å². The number of esters is 1. The van der Waals surface area contributed by atoms with E-state index in [1.807, 2.05) is 64.1 Å². The van der Waals surface area contributed by atoms with Gasteiger partial charge in [0.15, 0.2) is 17.8 Å². The van der Waals surface area contributed by atoms with Crippen molar-refractivity contribution in [3.8, 4) is 11.3 Å². The number of aliphatic hydroxyl groups excluding tert-OH is 3. The molecule has 3 aliphatic heterocycles. The number of carbonyl (C=O) groups excluding carboxylic acids is 4. The number of carbonyl (C=O) groups is 4. The summed E-state index contributed by atoms with van der Waals surface area (Å²) >= 11 is 0. The number of oxazole rings is 1. The SMILES string of the molecule is CO[C@H]1C[C@@H]2CC[C@@H](C)[C@@](O)(O2)C(=O)C(=O)N2CCCC[C@H]2C(=O)O[C@H]([C@H](C)C[C@@H]2CC[C@@H](O)[C@H](OC)C2)C[C@@H](O)[C@H](C)/C=C(\C)[C@@H](O)[C@@H](OC)/C(=N/OCc2cn(CCOCCOCCOCCOCCOCCOCCC(=O)NCCCCn3nc(-c4ccc5oc(N)nc5c4)c4c(N)ncnc43)nn2)[C@H](C)C[C@H](C)/C=C/C=C/C=C/1C. The molecule has 1 aliphatic carbocycles. The summed E-state index contributed by atoms with van der Waals surface area (Å²) in [5, 5.41) is 69.0. The number of aryl methyl sites for hydroxylation is 1. The highest BCUT2D eigenvalue weighted by Gasteiger charge is 2.53. The molecule has 1 saturated carbocycles. The maximum Gasteiger partial charge on any atom is 0.329 e. The van der Waals surface area contributed by atoms with Crippen LogP contribution in [0.5, 0.6) is 0 Å². The molecule has 0 radical (unpaired) electrons. The van der Waals surface area contributed by atoms with Crippen LogP contribution >= 0.6 is 0 Å². The summed E-state index contributed by atoms with van der Waals surface area (Å²) in [7, 11) is 4.66. The number of unbranched alkanes of at least 4 members (excludes halogenated alkanes) is 1. The number of piperidine rings is 1. The van der Waals surface area contributed by atoms with Crippen LogP contribution in [0.4, 0.5) is 11.8 Å². The summed E-state index contributed by atoms with van der Waals surface area (Å²) in [4.78, 5) is 76.3. The van der Waals surface area contributed by atoms with Crippen LogP contribution in [0.25, 0.3) is 33.4 Å². The van der Waals surface area contributed by atoms with Crippen molar-refractivity contribution in [2.45, 2.75) is 225 Å². The maximum absolute atomic E-state index is 14.7. The molecule has 9 rings (SSSR count). The molecule has 1 aromatic carbocycles. The van der Waals surface area contributed by atoms with Gasteiger partial charge in [0, 0.05) is 83.5 Å². The first kappa shape index (κ1) is 94.8. The number of nitrogen functional groups attached to an aromatic ring is 2. The second-order valence-corrected chi connectivity index (χ2v) is 31.9. The van der Waals surface area contributed by atoms with Crippen molar-refractivity contribution in [1.29, 1.82) is 0 Å². The first-order chi connectivity index (χ1) is 57.4. The van der Waals surface area contributed by atoms with E-state index in [4.69, 9.17) is 77.9 Å². The van der Waals surface area contributed by atoms with Crippen LogP contribution < -0.4 is 16.8 Å². The van der Waals surface area contributed by atoms with E-state index in [-0.39, 0.29) is 80.7 Å². The van der Waals surface area contributed by atoms with Gasteiger partial charge in [-0.2, -0.15) is 10.1 Å². The van der Waals surface area contributed by atoms with Crippen molar-refractivity contribution in [2.24, 2.45) is 40.7 Å². The van der Waals surface area contributed by atoms with Crippen LogP contribution in [0, 0.1) is 35.5 Å². The van der Waals surface area contributed by atoms with Crippen molar-refractivity contribution in [3.05, 3.63) is 84.0 Å². The van der Waals surface area contributed by atoms with Gasteiger partial charge in [-0.3, -0.25) is 14.4 Å². The Morgan fingerprint density at radius 1 is 0.773 bits per heavy atom. The quantitative estimate of drug-likeness (QED) is 0.00661. The number of nitrogens with one attached hydrogen (secondary N) is 1. The number of benzene rings is 1. The number of oxime groups is 1. The largest absolute Gasteiger partial charge is 0.460 e. The molecule has 7 heterocycles. The average Bonchev–Trinajstić information content (AvgIpc) is 1.70. The van der Waals surface area contributed by atoms with E-state index in [0.717, 1.165) is 30.4 Å². The van der Waals surface area contributed by atoms with Gasteiger partial charge in [-0.1, -0.05) is 81.4 Å². The number of fused-ring (bicyclic) bond motifs is 5. The van der Waals surface area contributed by atoms with Crippen molar-refractivity contribution >= 4 is 63.2 Å². The van der Waals surface area contributed by atoms with Crippen LogP contribution in [0.2, 0.25) is 0 Å². The van der Waals surface area contributed by atoms with E-state index in [2.05, 4.69) is 48.7 Å². The highest BCUT2D eigenvalue weighted by molar-refractivity contribution is 6.39. The highest BCUT2D eigenvalue weighted by Crippen LogP contribution is 2.39. The number of nitrogens with zero attached hydrogens (tertiary/aromatic N) is 10. The molecule has 4 aliphatic rings. The highest BCUT2D eigenvalue weighted by atomic mass is 16.6. The number of cyclic esters (lactones) is 1. The maximum atomic E-state index is 14.7. The van der Waals surface area contributed by atoms with Crippen molar-refractivity contribution in [2.75, 3.05) is 125 Å². The van der Waals surface area contributed by atoms with Crippen molar-refractivity contribution in [1.82, 2.24) is 49.9 Å². The van der Waals surface area contributed by atoms with Crippen molar-refractivity contribution in [3.63, 3.8) is 0 Å². The molecule has 2 bridgehead atoms. The third kappa shape index (κ3) is 28.2. The Balaban J connectivity index is 0.684. The number of ketones is 1. The minimum absolute atomic E-state index is 0.00506. The Kier molecular flexibility index (Phi) is 38.7. The molecule has 0 unspecified atom stereocenters. The predicted octanol–water partition coefficient (Wildman–Crippen LogP) is 7.77. The molecule has 9 N–H and O–H groups in total. The topological polar surface area (TPSA) is 440 Å². The van der Waals surface area contributed by atoms with Gasteiger partial charge in [-0.25, -0.2) is 24.1 Å². The molecular formula is C85H129N13O21. The number of Topliss-reactive ketones (excluding diaryl/α,β-unsaturated/α-hetero) is 1. The Hall–Kier alpha value is -8.07. The van der Waals surface area contributed by atoms with Crippen LogP contribution in [-0.2, 0) is 95.8 Å². The molecule has 4 aromatic heterocycles. The van der Waals surface area contributed by atoms with Gasteiger partial charge >= 0.3 is 5.97 Å². The van der Waals surface area contributed by atoms with Gasteiger partial charge < -0.3 is 103 Å². The molecule has 34 heteroatoms. The zero-order valence-electron chi connectivity index (χ0n) is 71.0. The lowest BCUT2D eigenvalue weighted by molar-refractivity contribution is -0.265. The summed E-state index contributed by atoms with van der Waals surface area (Å²) in [6, 6.07) is 4.42. The van der Waals surface area contributed by atoms with Crippen molar-refractivity contribution < 1.29 is 101 Å². The monoisotopic (exact) mass is 1670 g/mol. The predicted molar refractivity (Wildman–Crippen MR) is 442 cm³/mol. The summed E-state index contributed by atoms with van der Waals surface area (Å²) in [6.07, 6.45) is 15.6. The molecule has 16 atom stereocenters. The first-order valence-electron chi connectivity index (χ1n) is 42.1. The van der Waals surface area contributed by atoms with Gasteiger partial charge in [0.2, 0.25) is 11.7 Å². The summed E-state index contributed by atoms with van der Waals surface area (Å²) < 4.78 is 73.2. The number of hydrogen-bond donors (Lipinski definition) is 7. The number of anilines is 2. The van der Waals surface area contributed by atoms with E-state index in [9.17, 15) is 39.6 Å². The Bertz CT molecular complexity index is 4130.